The van der Waals surface area contributed by atoms with Gasteiger partial charge >= 0.3 is 0 Å². The Bertz CT molecular complexity index is 881. The Kier molecular flexibility index (Phi) is 2.96. The van der Waals surface area contributed by atoms with Gasteiger partial charge in [0.2, 0.25) is 0 Å². The monoisotopic (exact) mass is 309 g/mol. The van der Waals surface area contributed by atoms with Crippen molar-refractivity contribution in [3.05, 3.63) is 59.3 Å². The minimum absolute atomic E-state index is 0.595. The summed E-state index contributed by atoms with van der Waals surface area (Å²) in [5.74, 6) is 1.15. The molecule has 0 radical (unpaired) electrons. The molecule has 0 spiro atoms. The standard InChI is InChI=1S/C20H23NS/c1-14-9-10-18-17(11-14)20-16-8-6-5-7-15(16)12-19(20)21(18)13-22(2,3)4/h5-11H,12-13H2,1-4H3. The van der Waals surface area contributed by atoms with E-state index < -0.39 is 10.0 Å². The maximum Gasteiger partial charge on any atom is 0.0527 e. The third-order valence-corrected chi connectivity index (χ3v) is 5.52. The average molecular weight is 309 g/mol. The first kappa shape index (κ1) is 14.0. The van der Waals surface area contributed by atoms with Crippen LogP contribution < -0.4 is 0 Å². The summed E-state index contributed by atoms with van der Waals surface area (Å²) in [6.07, 6.45) is 8.29. The summed E-state index contributed by atoms with van der Waals surface area (Å²) in [5, 5.41) is 1.43. The molecule has 0 aliphatic heterocycles. The second-order valence-electron chi connectivity index (χ2n) is 7.32. The molecule has 0 saturated heterocycles. The van der Waals surface area contributed by atoms with Gasteiger partial charge in [0.15, 0.2) is 0 Å². The summed E-state index contributed by atoms with van der Waals surface area (Å²) in [5.41, 5.74) is 8.68. The van der Waals surface area contributed by atoms with Gasteiger partial charge in [-0.1, -0.05) is 35.9 Å². The van der Waals surface area contributed by atoms with Crippen molar-refractivity contribution < 1.29 is 0 Å². The van der Waals surface area contributed by atoms with Crippen LogP contribution in [-0.2, 0) is 12.3 Å². The Labute approximate surface area is 134 Å². The molecule has 1 nitrogen and oxygen atoms in total. The Hall–Kier alpha value is -1.67. The summed E-state index contributed by atoms with van der Waals surface area (Å²) < 4.78 is 2.60. The second-order valence-corrected chi connectivity index (χ2v) is 11.8. The van der Waals surface area contributed by atoms with Crippen LogP contribution in [0.25, 0.3) is 22.0 Å². The van der Waals surface area contributed by atoms with E-state index in [0.29, 0.717) is 0 Å². The van der Waals surface area contributed by atoms with Crippen LogP contribution in [-0.4, -0.2) is 23.3 Å². The normalized spacial score (nSPS) is 14.2. The van der Waals surface area contributed by atoms with Crippen molar-refractivity contribution in [1.29, 1.82) is 0 Å². The molecule has 1 aliphatic rings. The number of benzene rings is 2. The Morgan fingerprint density at radius 3 is 2.59 bits per heavy atom. The molecule has 0 amide bonds. The van der Waals surface area contributed by atoms with Crippen molar-refractivity contribution in [1.82, 2.24) is 4.57 Å². The smallest absolute Gasteiger partial charge is 0.0527 e. The number of hydrogen-bond donors (Lipinski definition) is 0. The molecule has 0 fully saturated rings. The summed E-state index contributed by atoms with van der Waals surface area (Å²) in [6, 6.07) is 15.8. The molecule has 22 heavy (non-hydrogen) atoms. The summed E-state index contributed by atoms with van der Waals surface area (Å²) in [4.78, 5) is 0. The van der Waals surface area contributed by atoms with Crippen LogP contribution in [0.5, 0.6) is 0 Å². The van der Waals surface area contributed by atoms with Gasteiger partial charge in [-0.3, -0.25) is 0 Å². The molecule has 0 bridgehead atoms. The van der Waals surface area contributed by atoms with Crippen molar-refractivity contribution in [2.75, 3.05) is 18.8 Å². The van der Waals surface area contributed by atoms with Gasteiger partial charge in [-0.15, -0.1) is 0 Å². The molecule has 4 rings (SSSR count). The maximum absolute atomic E-state index is 2.60. The second kappa shape index (κ2) is 4.66. The number of rotatable bonds is 2. The Balaban J connectivity index is 2.05. The first-order valence-electron chi connectivity index (χ1n) is 7.80. The van der Waals surface area contributed by atoms with E-state index in [-0.39, 0.29) is 0 Å². The zero-order valence-electron chi connectivity index (χ0n) is 13.8. The van der Waals surface area contributed by atoms with E-state index in [9.17, 15) is 0 Å². The van der Waals surface area contributed by atoms with Gasteiger partial charge in [0.1, 0.15) is 0 Å². The van der Waals surface area contributed by atoms with Gasteiger partial charge in [-0.05, 0) is 49.0 Å². The zero-order chi connectivity index (χ0) is 15.5. The van der Waals surface area contributed by atoms with Crippen molar-refractivity contribution >= 4 is 20.9 Å². The summed E-state index contributed by atoms with van der Waals surface area (Å²) in [7, 11) is -0.595. The average Bonchev–Trinajstić information content (AvgIpc) is 2.94. The van der Waals surface area contributed by atoms with Crippen molar-refractivity contribution in [3.63, 3.8) is 0 Å². The molecule has 0 N–H and O–H groups in total. The first-order chi connectivity index (χ1) is 10.4. The maximum atomic E-state index is 2.60. The number of aromatic nitrogens is 1. The molecule has 0 unspecified atom stereocenters. The van der Waals surface area contributed by atoms with E-state index in [1.165, 1.54) is 38.9 Å². The third kappa shape index (κ3) is 2.09. The van der Waals surface area contributed by atoms with E-state index in [4.69, 9.17) is 0 Å². The highest BCUT2D eigenvalue weighted by Gasteiger charge is 2.27. The van der Waals surface area contributed by atoms with Gasteiger partial charge in [-0.25, -0.2) is 10.0 Å². The van der Waals surface area contributed by atoms with Gasteiger partial charge in [0.25, 0.3) is 0 Å². The predicted molar refractivity (Wildman–Crippen MR) is 100 cm³/mol. The fourth-order valence-electron chi connectivity index (χ4n) is 3.64. The van der Waals surface area contributed by atoms with Crippen molar-refractivity contribution in [3.8, 4) is 11.1 Å². The fraction of sp³-hybridized carbons (Fsp3) is 0.300. The SMILES string of the molecule is Cc1ccc2c(c1)c1c(n2CS(C)(C)C)Cc2ccccc2-1. The topological polar surface area (TPSA) is 4.93 Å². The number of nitrogens with zero attached hydrogens (tertiary/aromatic N) is 1. The minimum atomic E-state index is -0.595. The molecule has 0 atom stereocenters. The quantitative estimate of drug-likeness (QED) is 0.481. The van der Waals surface area contributed by atoms with E-state index >= 15 is 0 Å². The lowest BCUT2D eigenvalue weighted by atomic mass is 10.0. The molecule has 1 aliphatic carbocycles. The highest BCUT2D eigenvalue weighted by atomic mass is 32.3. The fourth-order valence-corrected chi connectivity index (χ4v) is 4.71. The third-order valence-electron chi connectivity index (χ3n) is 4.49. The molecule has 0 saturated carbocycles. The molecular formula is C20H23NS. The lowest BCUT2D eigenvalue weighted by molar-refractivity contribution is 0.867. The molecule has 3 aromatic rings. The van der Waals surface area contributed by atoms with E-state index in [0.717, 1.165) is 12.3 Å². The van der Waals surface area contributed by atoms with Crippen LogP contribution >= 0.6 is 10.0 Å². The number of fused-ring (bicyclic) bond motifs is 5. The van der Waals surface area contributed by atoms with Crippen LogP contribution in [0.3, 0.4) is 0 Å². The molecule has 2 aromatic carbocycles. The molecular weight excluding hydrogens is 286 g/mol. The van der Waals surface area contributed by atoms with Crippen molar-refractivity contribution in [2.45, 2.75) is 19.2 Å². The zero-order valence-corrected chi connectivity index (χ0v) is 14.6. The predicted octanol–water partition coefficient (Wildman–Crippen LogP) is 5.17. The first-order valence-corrected chi connectivity index (χ1v) is 10.8. The lowest BCUT2D eigenvalue weighted by Crippen LogP contribution is -2.08. The largest absolute Gasteiger partial charge is 0.335 e. The summed E-state index contributed by atoms with van der Waals surface area (Å²) >= 11 is 0. The lowest BCUT2D eigenvalue weighted by Gasteiger charge is -2.27. The van der Waals surface area contributed by atoms with Crippen LogP contribution in [0.1, 0.15) is 16.8 Å². The van der Waals surface area contributed by atoms with Crippen LogP contribution in [0, 0.1) is 6.92 Å². The van der Waals surface area contributed by atoms with Gasteiger partial charge in [0.05, 0.1) is 5.88 Å². The van der Waals surface area contributed by atoms with Gasteiger partial charge in [0, 0.05) is 28.6 Å². The van der Waals surface area contributed by atoms with Gasteiger partial charge < -0.3 is 4.57 Å². The van der Waals surface area contributed by atoms with Crippen LogP contribution in [0.4, 0.5) is 0 Å². The molecule has 2 heteroatoms. The number of hydrogen-bond acceptors (Lipinski definition) is 0. The summed E-state index contributed by atoms with van der Waals surface area (Å²) in [6.45, 7) is 2.19. The minimum Gasteiger partial charge on any atom is -0.335 e. The van der Waals surface area contributed by atoms with Crippen LogP contribution in [0.2, 0.25) is 0 Å². The van der Waals surface area contributed by atoms with E-state index in [1.807, 2.05) is 0 Å². The van der Waals surface area contributed by atoms with Crippen LogP contribution in [0.15, 0.2) is 42.5 Å². The highest BCUT2D eigenvalue weighted by Crippen LogP contribution is 2.47. The van der Waals surface area contributed by atoms with Crippen molar-refractivity contribution in [2.24, 2.45) is 0 Å². The van der Waals surface area contributed by atoms with E-state index in [2.05, 4.69) is 72.7 Å². The van der Waals surface area contributed by atoms with Gasteiger partial charge in [-0.2, -0.15) is 0 Å². The Morgan fingerprint density at radius 1 is 1.05 bits per heavy atom. The van der Waals surface area contributed by atoms with E-state index in [1.54, 1.807) is 0 Å². The Morgan fingerprint density at radius 2 is 1.82 bits per heavy atom. The molecule has 1 heterocycles. The highest BCUT2D eigenvalue weighted by molar-refractivity contribution is 8.31. The molecule has 1 aromatic heterocycles. The number of aryl methyl sites for hydroxylation is 1. The molecule has 114 valence electrons.